The Labute approximate surface area is 137 Å². The fourth-order valence-corrected chi connectivity index (χ4v) is 2.57. The molecule has 22 heavy (non-hydrogen) atoms. The third-order valence-electron chi connectivity index (χ3n) is 3.87. The van der Waals surface area contributed by atoms with Gasteiger partial charge in [0.25, 0.3) is 0 Å². The second-order valence-electron chi connectivity index (χ2n) is 5.79. The lowest BCUT2D eigenvalue weighted by Gasteiger charge is -2.37. The predicted octanol–water partition coefficient (Wildman–Crippen LogP) is 2.43. The Hall–Kier alpha value is -1.86. The molecule has 1 aromatic rings. The van der Waals surface area contributed by atoms with E-state index in [0.29, 0.717) is 11.9 Å². The first-order valence-corrected chi connectivity index (χ1v) is 7.94. The molecule has 1 aliphatic rings. The van der Waals surface area contributed by atoms with Crippen molar-refractivity contribution in [2.24, 2.45) is 16.6 Å². The third kappa shape index (κ3) is 4.08. The van der Waals surface area contributed by atoms with Crippen molar-refractivity contribution in [3.63, 3.8) is 0 Å². The van der Waals surface area contributed by atoms with Gasteiger partial charge in [-0.1, -0.05) is 31.4 Å². The van der Waals surface area contributed by atoms with Gasteiger partial charge >= 0.3 is 0 Å². The van der Waals surface area contributed by atoms with Crippen LogP contribution < -0.4 is 10.6 Å². The number of piperazine rings is 1. The molecule has 1 aliphatic heterocycles. The van der Waals surface area contributed by atoms with Gasteiger partial charge in [-0.25, -0.2) is 4.99 Å². The summed E-state index contributed by atoms with van der Waals surface area (Å²) < 4.78 is 0. The standard InChI is InChI=1S/C17H23ClN4/c1-4-16(13(2)3)20-17(19)22-11-9-21(10-12-22)15-7-5-14(18)6-8-15/h1,5-8,13,16H,9-12H2,2-3H3,(H2,19,20). The summed E-state index contributed by atoms with van der Waals surface area (Å²) in [5.41, 5.74) is 7.29. The molecule has 118 valence electrons. The average molecular weight is 319 g/mol. The van der Waals surface area contributed by atoms with Crippen LogP contribution in [0, 0.1) is 18.3 Å². The summed E-state index contributed by atoms with van der Waals surface area (Å²) in [6.45, 7) is 7.60. The van der Waals surface area contributed by atoms with Crippen LogP contribution in [0.15, 0.2) is 29.3 Å². The zero-order valence-electron chi connectivity index (χ0n) is 13.2. The summed E-state index contributed by atoms with van der Waals surface area (Å²) in [6.07, 6.45) is 5.51. The van der Waals surface area contributed by atoms with Gasteiger partial charge in [-0.3, -0.25) is 0 Å². The molecule has 0 aliphatic carbocycles. The van der Waals surface area contributed by atoms with Crippen molar-refractivity contribution in [3.05, 3.63) is 29.3 Å². The maximum atomic E-state index is 6.11. The first-order chi connectivity index (χ1) is 10.5. The lowest BCUT2D eigenvalue weighted by molar-refractivity contribution is 0.378. The maximum absolute atomic E-state index is 6.11. The Morgan fingerprint density at radius 3 is 2.32 bits per heavy atom. The van der Waals surface area contributed by atoms with Crippen molar-refractivity contribution in [1.82, 2.24) is 4.90 Å². The fourth-order valence-electron chi connectivity index (χ4n) is 2.45. The number of aliphatic imine (C=N–C) groups is 1. The van der Waals surface area contributed by atoms with Crippen LogP contribution in [-0.4, -0.2) is 43.1 Å². The highest BCUT2D eigenvalue weighted by atomic mass is 35.5. The zero-order chi connectivity index (χ0) is 16.1. The zero-order valence-corrected chi connectivity index (χ0v) is 13.9. The predicted molar refractivity (Wildman–Crippen MR) is 94.3 cm³/mol. The van der Waals surface area contributed by atoms with Gasteiger partial charge < -0.3 is 15.5 Å². The van der Waals surface area contributed by atoms with E-state index < -0.39 is 0 Å². The number of guanidine groups is 1. The van der Waals surface area contributed by atoms with Gasteiger partial charge in [0, 0.05) is 36.9 Å². The summed E-state index contributed by atoms with van der Waals surface area (Å²) in [4.78, 5) is 8.89. The number of nitrogens with zero attached hydrogens (tertiary/aromatic N) is 3. The monoisotopic (exact) mass is 318 g/mol. The molecule has 0 bridgehead atoms. The smallest absolute Gasteiger partial charge is 0.192 e. The molecule has 1 fully saturated rings. The van der Waals surface area contributed by atoms with E-state index in [0.717, 1.165) is 31.2 Å². The molecule has 2 N–H and O–H groups in total. The van der Waals surface area contributed by atoms with Crippen LogP contribution >= 0.6 is 11.6 Å². The van der Waals surface area contributed by atoms with Crippen molar-refractivity contribution >= 4 is 23.2 Å². The Balaban J connectivity index is 1.95. The summed E-state index contributed by atoms with van der Waals surface area (Å²) in [7, 11) is 0. The molecule has 4 nitrogen and oxygen atoms in total. The molecular weight excluding hydrogens is 296 g/mol. The topological polar surface area (TPSA) is 44.9 Å². The summed E-state index contributed by atoms with van der Waals surface area (Å²) in [6, 6.07) is 7.76. The molecule has 1 saturated heterocycles. The SMILES string of the molecule is C#CC(N=C(N)N1CCN(c2ccc(Cl)cc2)CC1)C(C)C. The van der Waals surface area contributed by atoms with E-state index in [4.69, 9.17) is 23.8 Å². The summed E-state index contributed by atoms with van der Waals surface area (Å²) >= 11 is 5.93. The van der Waals surface area contributed by atoms with Gasteiger partial charge in [-0.15, -0.1) is 6.42 Å². The summed E-state index contributed by atoms with van der Waals surface area (Å²) in [5, 5.41) is 0.757. The molecule has 1 unspecified atom stereocenters. The molecule has 2 rings (SSSR count). The van der Waals surface area contributed by atoms with Gasteiger partial charge in [-0.05, 0) is 30.2 Å². The number of rotatable bonds is 3. The maximum Gasteiger partial charge on any atom is 0.192 e. The van der Waals surface area contributed by atoms with Gasteiger partial charge in [0.1, 0.15) is 6.04 Å². The number of benzene rings is 1. The molecule has 0 saturated carbocycles. The molecule has 0 amide bonds. The van der Waals surface area contributed by atoms with Crippen molar-refractivity contribution in [1.29, 1.82) is 0 Å². The molecule has 1 atom stereocenters. The molecule has 5 heteroatoms. The number of hydrogen-bond donors (Lipinski definition) is 1. The number of nitrogens with two attached hydrogens (primary N) is 1. The molecule has 0 aromatic heterocycles. The van der Waals surface area contributed by atoms with E-state index in [1.165, 1.54) is 5.69 Å². The van der Waals surface area contributed by atoms with E-state index >= 15 is 0 Å². The van der Waals surface area contributed by atoms with Crippen LogP contribution in [0.25, 0.3) is 0 Å². The molecular formula is C17H23ClN4. The van der Waals surface area contributed by atoms with Crippen molar-refractivity contribution in [3.8, 4) is 12.3 Å². The number of terminal acetylenes is 1. The van der Waals surface area contributed by atoms with E-state index in [1.807, 2.05) is 24.3 Å². The van der Waals surface area contributed by atoms with Crippen LogP contribution in [0.3, 0.4) is 0 Å². The lowest BCUT2D eigenvalue weighted by atomic mass is 10.1. The average Bonchev–Trinajstić information content (AvgIpc) is 2.53. The minimum atomic E-state index is -0.158. The van der Waals surface area contributed by atoms with Crippen molar-refractivity contribution < 1.29 is 0 Å². The van der Waals surface area contributed by atoms with E-state index in [9.17, 15) is 0 Å². The lowest BCUT2D eigenvalue weighted by Crippen LogP contribution is -2.51. The van der Waals surface area contributed by atoms with Gasteiger partial charge in [0.2, 0.25) is 0 Å². The summed E-state index contributed by atoms with van der Waals surface area (Å²) in [5.74, 6) is 3.53. The Bertz CT molecular complexity index is 551. The number of hydrogen-bond acceptors (Lipinski definition) is 2. The molecule has 0 spiro atoms. The molecule has 0 radical (unpaired) electrons. The highest BCUT2D eigenvalue weighted by molar-refractivity contribution is 6.30. The quantitative estimate of drug-likeness (QED) is 0.529. The first kappa shape index (κ1) is 16.5. The minimum Gasteiger partial charge on any atom is -0.370 e. The van der Waals surface area contributed by atoms with Gasteiger partial charge in [0.15, 0.2) is 5.96 Å². The highest BCUT2D eigenvalue weighted by Crippen LogP contribution is 2.19. The minimum absolute atomic E-state index is 0.158. The van der Waals surface area contributed by atoms with E-state index in [2.05, 4.69) is 34.6 Å². The normalized spacial score (nSPS) is 17.5. The fraction of sp³-hybridized carbons (Fsp3) is 0.471. The van der Waals surface area contributed by atoms with Gasteiger partial charge in [0.05, 0.1) is 0 Å². The Morgan fingerprint density at radius 2 is 1.82 bits per heavy atom. The van der Waals surface area contributed by atoms with Crippen molar-refractivity contribution in [2.45, 2.75) is 19.9 Å². The van der Waals surface area contributed by atoms with E-state index in [1.54, 1.807) is 0 Å². The molecule has 1 heterocycles. The van der Waals surface area contributed by atoms with Gasteiger partial charge in [-0.2, -0.15) is 0 Å². The number of halogens is 1. The first-order valence-electron chi connectivity index (χ1n) is 7.56. The van der Waals surface area contributed by atoms with E-state index in [-0.39, 0.29) is 6.04 Å². The number of anilines is 1. The van der Waals surface area contributed by atoms with Crippen LogP contribution in [0.1, 0.15) is 13.8 Å². The Morgan fingerprint density at radius 1 is 1.23 bits per heavy atom. The molecule has 1 aromatic carbocycles. The van der Waals surface area contributed by atoms with Crippen LogP contribution in [0.4, 0.5) is 5.69 Å². The second-order valence-corrected chi connectivity index (χ2v) is 6.23. The highest BCUT2D eigenvalue weighted by Gasteiger charge is 2.19. The third-order valence-corrected chi connectivity index (χ3v) is 4.12. The van der Waals surface area contributed by atoms with Crippen LogP contribution in [-0.2, 0) is 0 Å². The largest absolute Gasteiger partial charge is 0.370 e. The van der Waals surface area contributed by atoms with Crippen LogP contribution in [0.2, 0.25) is 5.02 Å². The second kappa shape index (κ2) is 7.42. The van der Waals surface area contributed by atoms with Crippen molar-refractivity contribution in [2.75, 3.05) is 31.1 Å². The Kier molecular flexibility index (Phi) is 5.57. The van der Waals surface area contributed by atoms with Crippen LogP contribution in [0.5, 0.6) is 0 Å².